The van der Waals surface area contributed by atoms with Gasteiger partial charge in [-0.1, -0.05) is 92.7 Å². The first-order chi connectivity index (χ1) is 34.9. The number of aryl methyl sites for hydroxylation is 6. The Balaban J connectivity index is 1.18. The van der Waals surface area contributed by atoms with Gasteiger partial charge < -0.3 is 23.8 Å². The van der Waals surface area contributed by atoms with Gasteiger partial charge in [-0.25, -0.2) is 0 Å². The first kappa shape index (κ1) is 56.7. The monoisotopic (exact) mass is 988 g/mol. The summed E-state index contributed by atoms with van der Waals surface area (Å²) in [7, 11) is 0. The van der Waals surface area contributed by atoms with Crippen molar-refractivity contribution < 1.29 is 38.1 Å². The van der Waals surface area contributed by atoms with E-state index in [1.165, 1.54) is 0 Å². The molecule has 0 N–H and O–H groups in total. The molecule has 5 aromatic rings. The van der Waals surface area contributed by atoms with Crippen molar-refractivity contribution in [1.82, 2.24) is 0 Å². The summed E-state index contributed by atoms with van der Waals surface area (Å²) >= 11 is 0. The molecule has 0 heterocycles. The molecule has 0 amide bonds. The molecule has 0 saturated heterocycles. The van der Waals surface area contributed by atoms with Crippen LogP contribution in [0.3, 0.4) is 0 Å². The SMILES string of the molecule is Cc1ccc(N(c2cc(CCC(=O)OCCOC(=O)CCC(C)(C#N)CC(C)c3ccccc3)cc(CCC(=O)OCCOC(=O)CCC(C)(C#N)CC(C)c3ccccc3)c2)c2ccc(C)c(C)c2)cc1C. The van der Waals surface area contributed by atoms with E-state index in [2.05, 4.69) is 95.0 Å². The Morgan fingerprint density at radius 2 is 0.836 bits per heavy atom. The van der Waals surface area contributed by atoms with E-state index in [0.29, 0.717) is 38.5 Å². The van der Waals surface area contributed by atoms with Crippen LogP contribution in [0, 0.1) is 61.2 Å². The van der Waals surface area contributed by atoms with Crippen molar-refractivity contribution in [2.24, 2.45) is 10.8 Å². The lowest BCUT2D eigenvalue weighted by molar-refractivity contribution is -0.152. The van der Waals surface area contributed by atoms with Gasteiger partial charge in [0.2, 0.25) is 0 Å². The highest BCUT2D eigenvalue weighted by Crippen LogP contribution is 2.39. The summed E-state index contributed by atoms with van der Waals surface area (Å²) in [6.45, 7) is 15.8. The Hall–Kier alpha value is -7.24. The van der Waals surface area contributed by atoms with E-state index in [1.807, 2.05) is 92.7 Å². The zero-order chi connectivity index (χ0) is 53.0. The second-order valence-corrected chi connectivity index (χ2v) is 20.1. The fourth-order valence-electron chi connectivity index (χ4n) is 9.05. The highest BCUT2D eigenvalue weighted by atomic mass is 16.6. The number of carbonyl (C=O) groups is 4. The Labute approximate surface area is 433 Å². The van der Waals surface area contributed by atoms with Gasteiger partial charge in [-0.3, -0.25) is 19.2 Å². The highest BCUT2D eigenvalue weighted by molar-refractivity contribution is 5.79. The number of benzene rings is 5. The highest BCUT2D eigenvalue weighted by Gasteiger charge is 2.30. The van der Waals surface area contributed by atoms with Gasteiger partial charge in [-0.05, 0) is 173 Å². The van der Waals surface area contributed by atoms with E-state index in [4.69, 9.17) is 18.9 Å². The third kappa shape index (κ3) is 18.1. The fraction of sp³-hybridized carbons (Fsp3) is 0.419. The second-order valence-electron chi connectivity index (χ2n) is 20.1. The summed E-state index contributed by atoms with van der Waals surface area (Å²) in [6.07, 6.45) is 2.88. The number of anilines is 3. The maximum absolute atomic E-state index is 13.1. The fourth-order valence-corrected chi connectivity index (χ4v) is 9.05. The predicted octanol–water partition coefficient (Wildman–Crippen LogP) is 13.4. The lowest BCUT2D eigenvalue weighted by atomic mass is 9.77. The molecule has 0 aromatic heterocycles. The van der Waals surface area contributed by atoms with E-state index < -0.39 is 34.7 Å². The van der Waals surface area contributed by atoms with Crippen LogP contribution in [0.4, 0.5) is 17.1 Å². The Morgan fingerprint density at radius 3 is 1.18 bits per heavy atom. The average Bonchev–Trinajstić information content (AvgIpc) is 3.39. The summed E-state index contributed by atoms with van der Waals surface area (Å²) in [5.74, 6) is -1.50. The van der Waals surface area contributed by atoms with Gasteiger partial charge in [0.1, 0.15) is 26.4 Å². The van der Waals surface area contributed by atoms with Crippen molar-refractivity contribution >= 4 is 40.9 Å². The standard InChI is InChI=1S/C62H73N3O8/c1-44-19-23-54(35-46(44)3)65(55-24-20-45(2)47(4)36-55)56-38-50(21-25-57(66)70-31-33-72-59(68)27-29-61(7,42-63)40-48(5)52-15-11-9-12-16-52)37-51(39-56)22-26-58(67)71-32-34-73-60(69)28-30-62(8,43-64)41-49(6)53-17-13-10-14-18-53/h9-20,23-24,35-39,48-49H,21-22,25-34,40-41H2,1-8H3. The molecule has 0 aliphatic rings. The molecule has 0 bridgehead atoms. The molecule has 5 aromatic carbocycles. The Morgan fingerprint density at radius 1 is 0.479 bits per heavy atom. The zero-order valence-electron chi connectivity index (χ0n) is 44.1. The van der Waals surface area contributed by atoms with Gasteiger partial charge in [0.05, 0.1) is 23.0 Å². The molecule has 0 aliphatic heterocycles. The summed E-state index contributed by atoms with van der Waals surface area (Å²) in [5, 5.41) is 19.9. The van der Waals surface area contributed by atoms with Crippen molar-refractivity contribution in [1.29, 1.82) is 10.5 Å². The number of carbonyl (C=O) groups excluding carboxylic acids is 4. The van der Waals surface area contributed by atoms with Crippen molar-refractivity contribution in [2.75, 3.05) is 31.3 Å². The van der Waals surface area contributed by atoms with E-state index in [1.54, 1.807) is 0 Å². The van der Waals surface area contributed by atoms with Gasteiger partial charge in [0.15, 0.2) is 0 Å². The molecule has 73 heavy (non-hydrogen) atoms. The summed E-state index contributed by atoms with van der Waals surface area (Å²) in [6, 6.07) is 43.5. The van der Waals surface area contributed by atoms with Crippen molar-refractivity contribution in [3.8, 4) is 12.1 Å². The molecule has 11 heteroatoms. The predicted molar refractivity (Wildman–Crippen MR) is 285 cm³/mol. The molecule has 5 rings (SSSR count). The van der Waals surface area contributed by atoms with Gasteiger partial charge in [0.25, 0.3) is 0 Å². The molecule has 0 aliphatic carbocycles. The van der Waals surface area contributed by atoms with Crippen molar-refractivity contribution in [2.45, 2.75) is 131 Å². The first-order valence-electron chi connectivity index (χ1n) is 25.5. The number of esters is 4. The minimum atomic E-state index is -0.707. The van der Waals surface area contributed by atoms with Crippen LogP contribution in [-0.2, 0) is 51.0 Å². The van der Waals surface area contributed by atoms with E-state index in [9.17, 15) is 29.7 Å². The normalized spacial score (nSPS) is 13.5. The lowest BCUT2D eigenvalue weighted by Crippen LogP contribution is -2.20. The topological polar surface area (TPSA) is 156 Å². The van der Waals surface area contributed by atoms with Gasteiger partial charge in [-0.15, -0.1) is 0 Å². The third-order valence-electron chi connectivity index (χ3n) is 13.8. The van der Waals surface area contributed by atoms with Crippen molar-refractivity contribution in [3.63, 3.8) is 0 Å². The van der Waals surface area contributed by atoms with Gasteiger partial charge in [-0.2, -0.15) is 10.5 Å². The minimum Gasteiger partial charge on any atom is -0.462 e. The molecule has 0 radical (unpaired) electrons. The van der Waals surface area contributed by atoms with Crippen LogP contribution in [0.25, 0.3) is 0 Å². The van der Waals surface area contributed by atoms with E-state index in [0.717, 1.165) is 61.6 Å². The van der Waals surface area contributed by atoms with Gasteiger partial charge in [0, 0.05) is 42.7 Å². The number of hydrogen-bond acceptors (Lipinski definition) is 11. The van der Waals surface area contributed by atoms with Crippen LogP contribution in [0.1, 0.15) is 135 Å². The quantitative estimate of drug-likeness (QED) is 0.0280. The van der Waals surface area contributed by atoms with Gasteiger partial charge >= 0.3 is 23.9 Å². The van der Waals surface area contributed by atoms with Crippen LogP contribution in [0.15, 0.2) is 115 Å². The number of hydrogen-bond donors (Lipinski definition) is 0. The van der Waals surface area contributed by atoms with Crippen LogP contribution in [0.5, 0.6) is 0 Å². The molecule has 11 nitrogen and oxygen atoms in total. The number of rotatable bonds is 27. The average molecular weight is 988 g/mol. The maximum atomic E-state index is 13.1. The van der Waals surface area contributed by atoms with E-state index in [-0.39, 0.29) is 63.9 Å². The lowest BCUT2D eigenvalue weighted by Gasteiger charge is -2.28. The number of ether oxygens (including phenoxy) is 4. The van der Waals surface area contributed by atoms with E-state index >= 15 is 0 Å². The summed E-state index contributed by atoms with van der Waals surface area (Å²) in [4.78, 5) is 53.8. The maximum Gasteiger partial charge on any atom is 0.306 e. The minimum absolute atomic E-state index is 0.0631. The van der Waals surface area contributed by atoms with Crippen LogP contribution in [-0.4, -0.2) is 50.3 Å². The number of nitrogens with zero attached hydrogens (tertiary/aromatic N) is 3. The first-order valence-corrected chi connectivity index (χ1v) is 25.5. The summed E-state index contributed by atoms with van der Waals surface area (Å²) in [5.41, 5.74) is 9.94. The van der Waals surface area contributed by atoms with Crippen LogP contribution in [0.2, 0.25) is 0 Å². The molecule has 384 valence electrons. The van der Waals surface area contributed by atoms with Crippen molar-refractivity contribution in [3.05, 3.63) is 160 Å². The Kier molecular flexibility index (Phi) is 21.4. The summed E-state index contributed by atoms with van der Waals surface area (Å²) < 4.78 is 21.8. The zero-order valence-corrected chi connectivity index (χ0v) is 44.1. The van der Waals surface area contributed by atoms with Crippen LogP contribution < -0.4 is 4.90 Å². The number of nitriles is 2. The molecule has 0 fully saturated rings. The Bertz CT molecular complexity index is 2540. The molecule has 0 spiro atoms. The van der Waals surface area contributed by atoms with Crippen LogP contribution >= 0.6 is 0 Å². The second kappa shape index (κ2) is 27.5. The third-order valence-corrected chi connectivity index (χ3v) is 13.8. The molecule has 4 unspecified atom stereocenters. The molecular weight excluding hydrogens is 915 g/mol. The smallest absolute Gasteiger partial charge is 0.306 e. The molecule has 0 saturated carbocycles. The largest absolute Gasteiger partial charge is 0.462 e. The molecular formula is C62H73N3O8. The molecule has 4 atom stereocenters.